The summed E-state index contributed by atoms with van der Waals surface area (Å²) in [5.74, 6) is -2.44. The van der Waals surface area contributed by atoms with Gasteiger partial charge in [-0.3, -0.25) is 30.0 Å². The van der Waals surface area contributed by atoms with Crippen molar-refractivity contribution in [2.45, 2.75) is 13.0 Å². The van der Waals surface area contributed by atoms with Gasteiger partial charge in [0.05, 0.1) is 0 Å². The van der Waals surface area contributed by atoms with Gasteiger partial charge in [0.15, 0.2) is 6.10 Å². The van der Waals surface area contributed by atoms with Gasteiger partial charge in [0, 0.05) is 11.1 Å². The lowest BCUT2D eigenvalue weighted by atomic mass is 10.1. The number of ether oxygens (including phenoxy) is 1. The monoisotopic (exact) mass is 419 g/mol. The lowest BCUT2D eigenvalue weighted by molar-refractivity contribution is -0.154. The lowest BCUT2D eigenvalue weighted by Gasteiger charge is -2.14. The summed E-state index contributed by atoms with van der Waals surface area (Å²) >= 11 is 0. The molecule has 0 saturated carbocycles. The zero-order valence-electron chi connectivity index (χ0n) is 16.8. The summed E-state index contributed by atoms with van der Waals surface area (Å²) in [5, 5.41) is 4.37. The number of nitrogens with one attached hydrogen (secondary N) is 3. The molecule has 1 atom stereocenters. The number of esters is 1. The van der Waals surface area contributed by atoms with Gasteiger partial charge >= 0.3 is 5.97 Å². The molecule has 0 saturated heterocycles. The van der Waals surface area contributed by atoms with E-state index in [4.69, 9.17) is 4.74 Å². The molecule has 8 nitrogen and oxygen atoms in total. The van der Waals surface area contributed by atoms with E-state index < -0.39 is 36.3 Å². The van der Waals surface area contributed by atoms with Gasteiger partial charge in [0.2, 0.25) is 0 Å². The van der Waals surface area contributed by atoms with Crippen molar-refractivity contribution in [3.05, 3.63) is 83.9 Å². The third-order valence-corrected chi connectivity index (χ3v) is 4.42. The smallest absolute Gasteiger partial charge is 0.326 e. The Morgan fingerprint density at radius 2 is 1.45 bits per heavy atom. The first-order valence-corrected chi connectivity index (χ1v) is 9.56. The molecule has 31 heavy (non-hydrogen) atoms. The SMILES string of the molecule is C[C@H](OC(=O)CNC(=O)c1ccc2ccccc2c1)C(=O)NNC(=O)c1ccccc1. The molecule has 0 aromatic heterocycles. The van der Waals surface area contributed by atoms with Gasteiger partial charge in [-0.15, -0.1) is 0 Å². The second-order valence-corrected chi connectivity index (χ2v) is 6.69. The van der Waals surface area contributed by atoms with Gasteiger partial charge in [-0.05, 0) is 42.0 Å². The topological polar surface area (TPSA) is 114 Å². The predicted octanol–water partition coefficient (Wildman–Crippen LogP) is 1.96. The Labute approximate surface area is 178 Å². The molecule has 0 heterocycles. The molecule has 3 N–H and O–H groups in total. The molecule has 0 spiro atoms. The summed E-state index contributed by atoms with van der Waals surface area (Å²) < 4.78 is 4.99. The number of hydrazine groups is 1. The third-order valence-electron chi connectivity index (χ3n) is 4.42. The number of hydrogen-bond donors (Lipinski definition) is 3. The molecule has 3 aromatic rings. The van der Waals surface area contributed by atoms with E-state index in [2.05, 4.69) is 16.2 Å². The van der Waals surface area contributed by atoms with Crippen LogP contribution in [0.25, 0.3) is 10.8 Å². The molecular weight excluding hydrogens is 398 g/mol. The van der Waals surface area contributed by atoms with Crippen LogP contribution in [-0.2, 0) is 14.3 Å². The summed E-state index contributed by atoms with van der Waals surface area (Å²) in [5.41, 5.74) is 5.20. The first kappa shape index (κ1) is 21.5. The van der Waals surface area contributed by atoms with Crippen molar-refractivity contribution < 1.29 is 23.9 Å². The highest BCUT2D eigenvalue weighted by Crippen LogP contribution is 2.15. The van der Waals surface area contributed by atoms with E-state index in [9.17, 15) is 19.2 Å². The fraction of sp³-hybridized carbons (Fsp3) is 0.130. The Morgan fingerprint density at radius 3 is 2.19 bits per heavy atom. The Morgan fingerprint density at radius 1 is 0.774 bits per heavy atom. The van der Waals surface area contributed by atoms with Crippen LogP contribution in [0.4, 0.5) is 0 Å². The van der Waals surface area contributed by atoms with Crippen LogP contribution in [0.1, 0.15) is 27.6 Å². The Kier molecular flexibility index (Phi) is 6.95. The summed E-state index contributed by atoms with van der Waals surface area (Å²) in [6.07, 6.45) is -1.17. The van der Waals surface area contributed by atoms with Crippen LogP contribution in [0.15, 0.2) is 72.8 Å². The quantitative estimate of drug-likeness (QED) is 0.418. The fourth-order valence-corrected chi connectivity index (χ4v) is 2.76. The minimum absolute atomic E-state index is 0.365. The maximum absolute atomic E-state index is 12.3. The van der Waals surface area contributed by atoms with E-state index in [1.54, 1.807) is 42.5 Å². The van der Waals surface area contributed by atoms with Crippen LogP contribution in [0.2, 0.25) is 0 Å². The minimum atomic E-state index is -1.17. The van der Waals surface area contributed by atoms with Crippen molar-refractivity contribution in [1.82, 2.24) is 16.2 Å². The van der Waals surface area contributed by atoms with Crippen LogP contribution in [-0.4, -0.2) is 36.3 Å². The normalized spacial score (nSPS) is 11.3. The average molecular weight is 419 g/mol. The Hall–Kier alpha value is -4.20. The molecule has 158 valence electrons. The second-order valence-electron chi connectivity index (χ2n) is 6.69. The molecule has 0 unspecified atom stereocenters. The van der Waals surface area contributed by atoms with Crippen molar-refractivity contribution in [1.29, 1.82) is 0 Å². The molecule has 8 heteroatoms. The number of benzene rings is 3. The van der Waals surface area contributed by atoms with Crippen LogP contribution < -0.4 is 16.2 Å². The molecule has 0 radical (unpaired) electrons. The molecule has 0 bridgehead atoms. The summed E-state index contributed by atoms with van der Waals surface area (Å²) in [7, 11) is 0. The summed E-state index contributed by atoms with van der Waals surface area (Å²) in [6.45, 7) is 0.951. The maximum atomic E-state index is 12.3. The Bertz CT molecular complexity index is 1110. The van der Waals surface area contributed by atoms with Crippen LogP contribution >= 0.6 is 0 Å². The molecule has 0 aliphatic rings. The highest BCUT2D eigenvalue weighted by Gasteiger charge is 2.19. The van der Waals surface area contributed by atoms with Crippen molar-refractivity contribution >= 4 is 34.5 Å². The van der Waals surface area contributed by atoms with E-state index in [0.717, 1.165) is 10.8 Å². The molecule has 3 rings (SSSR count). The predicted molar refractivity (Wildman–Crippen MR) is 114 cm³/mol. The third kappa shape index (κ3) is 5.89. The van der Waals surface area contributed by atoms with Crippen molar-refractivity contribution in [2.75, 3.05) is 6.54 Å². The van der Waals surface area contributed by atoms with E-state index in [0.29, 0.717) is 11.1 Å². The fourth-order valence-electron chi connectivity index (χ4n) is 2.76. The summed E-state index contributed by atoms with van der Waals surface area (Å²) in [6, 6.07) is 21.1. The van der Waals surface area contributed by atoms with Gasteiger partial charge in [-0.25, -0.2) is 0 Å². The number of hydrogen-bond acceptors (Lipinski definition) is 5. The van der Waals surface area contributed by atoms with Crippen molar-refractivity contribution in [3.8, 4) is 0 Å². The van der Waals surface area contributed by atoms with Crippen molar-refractivity contribution in [3.63, 3.8) is 0 Å². The molecule has 0 aliphatic carbocycles. The highest BCUT2D eigenvalue weighted by molar-refractivity contribution is 6.00. The molecular formula is C23H21N3O5. The number of amides is 3. The average Bonchev–Trinajstić information content (AvgIpc) is 2.80. The first-order chi connectivity index (χ1) is 14.9. The maximum Gasteiger partial charge on any atom is 0.326 e. The van der Waals surface area contributed by atoms with Crippen LogP contribution in [0, 0.1) is 0 Å². The zero-order valence-corrected chi connectivity index (χ0v) is 16.8. The van der Waals surface area contributed by atoms with Crippen molar-refractivity contribution in [2.24, 2.45) is 0 Å². The molecule has 0 fully saturated rings. The van der Waals surface area contributed by atoms with E-state index >= 15 is 0 Å². The summed E-state index contributed by atoms with van der Waals surface area (Å²) in [4.78, 5) is 48.2. The van der Waals surface area contributed by atoms with Gasteiger partial charge in [-0.1, -0.05) is 48.5 Å². The van der Waals surface area contributed by atoms with Crippen LogP contribution in [0.5, 0.6) is 0 Å². The molecule has 0 aliphatic heterocycles. The minimum Gasteiger partial charge on any atom is -0.451 e. The number of carbonyl (C=O) groups excluding carboxylic acids is 4. The number of rotatable bonds is 6. The van der Waals surface area contributed by atoms with Gasteiger partial charge in [0.25, 0.3) is 17.7 Å². The molecule has 3 amide bonds. The number of fused-ring (bicyclic) bond motifs is 1. The van der Waals surface area contributed by atoms with Gasteiger partial charge in [0.1, 0.15) is 6.54 Å². The second kappa shape index (κ2) is 10.0. The standard InChI is InChI=1S/C23H21N3O5/c1-15(21(28)25-26-23(30)17-8-3-2-4-9-17)31-20(27)14-24-22(29)19-12-11-16-7-5-6-10-18(16)13-19/h2-13,15H,14H2,1H3,(H,24,29)(H,25,28)(H,26,30)/t15-/m0/s1. The lowest BCUT2D eigenvalue weighted by Crippen LogP contribution is -2.47. The first-order valence-electron chi connectivity index (χ1n) is 9.56. The largest absolute Gasteiger partial charge is 0.451 e. The highest BCUT2D eigenvalue weighted by atomic mass is 16.5. The molecule has 3 aromatic carbocycles. The van der Waals surface area contributed by atoms with E-state index in [1.807, 2.05) is 30.3 Å². The van der Waals surface area contributed by atoms with Gasteiger partial charge < -0.3 is 10.1 Å². The van der Waals surface area contributed by atoms with Gasteiger partial charge in [-0.2, -0.15) is 0 Å². The zero-order chi connectivity index (χ0) is 22.2. The van der Waals surface area contributed by atoms with E-state index in [1.165, 1.54) is 6.92 Å². The Balaban J connectivity index is 1.44. The van der Waals surface area contributed by atoms with E-state index in [-0.39, 0.29) is 0 Å². The number of carbonyl (C=O) groups is 4. The van der Waals surface area contributed by atoms with Crippen LogP contribution in [0.3, 0.4) is 0 Å².